The van der Waals surface area contributed by atoms with Gasteiger partial charge < -0.3 is 15.4 Å². The minimum absolute atomic E-state index is 0.0887. The molecule has 0 bridgehead atoms. The van der Waals surface area contributed by atoms with Crippen molar-refractivity contribution in [2.45, 2.75) is 19.9 Å². The first-order chi connectivity index (χ1) is 16.0. The molecule has 0 atom stereocenters. The minimum Gasteiger partial charge on any atom is -0.495 e. The van der Waals surface area contributed by atoms with Crippen LogP contribution < -0.4 is 15.4 Å². The van der Waals surface area contributed by atoms with Gasteiger partial charge in [0.25, 0.3) is 0 Å². The molecule has 1 heterocycles. The maximum Gasteiger partial charge on any atom is 0.243 e. The first-order valence-electron chi connectivity index (χ1n) is 11.1. The second-order valence-corrected chi connectivity index (χ2v) is 8.24. The van der Waals surface area contributed by atoms with Crippen molar-refractivity contribution in [3.63, 3.8) is 0 Å². The Hall–Kier alpha value is -3.41. The van der Waals surface area contributed by atoms with Crippen molar-refractivity contribution < 1.29 is 14.3 Å². The SMILES string of the molecule is COc1ccc(C)cc1NC(=O)CNC(=O)CN1CCCN(Cc2ccc(C#N)cc2)CC1. The molecule has 1 aliphatic heterocycles. The van der Waals surface area contributed by atoms with E-state index in [9.17, 15) is 9.59 Å². The van der Waals surface area contributed by atoms with E-state index in [0.29, 0.717) is 17.0 Å². The molecular weight excluding hydrogens is 418 g/mol. The normalized spacial score (nSPS) is 14.7. The molecular formula is C25H31N5O3. The zero-order chi connectivity index (χ0) is 23.6. The summed E-state index contributed by atoms with van der Waals surface area (Å²) in [6.07, 6.45) is 0.969. The highest BCUT2D eigenvalue weighted by Gasteiger charge is 2.18. The van der Waals surface area contributed by atoms with E-state index in [-0.39, 0.29) is 24.9 Å². The number of benzene rings is 2. The lowest BCUT2D eigenvalue weighted by Crippen LogP contribution is -2.41. The molecule has 1 fully saturated rings. The standard InChI is InChI=1S/C25H31N5O3/c1-19-4-9-23(33-2)22(14-19)28-24(31)16-27-25(32)18-30-11-3-10-29(12-13-30)17-21-7-5-20(15-26)6-8-21/h4-9,14H,3,10-13,16-18H2,1-2H3,(H,27,32)(H,28,31). The molecule has 0 unspecified atom stereocenters. The van der Waals surface area contributed by atoms with E-state index in [4.69, 9.17) is 10.00 Å². The average molecular weight is 450 g/mol. The van der Waals surface area contributed by atoms with Crippen LogP contribution in [0.25, 0.3) is 0 Å². The van der Waals surface area contributed by atoms with E-state index < -0.39 is 0 Å². The first-order valence-corrected chi connectivity index (χ1v) is 11.1. The van der Waals surface area contributed by atoms with E-state index in [2.05, 4.69) is 26.5 Å². The fourth-order valence-corrected chi connectivity index (χ4v) is 3.84. The summed E-state index contributed by atoms with van der Waals surface area (Å²) in [6, 6.07) is 15.3. The molecule has 0 spiro atoms. The number of nitriles is 1. The van der Waals surface area contributed by atoms with Crippen LogP contribution in [-0.2, 0) is 16.1 Å². The molecule has 174 valence electrons. The van der Waals surface area contributed by atoms with Crippen molar-refractivity contribution in [1.29, 1.82) is 5.26 Å². The molecule has 0 saturated carbocycles. The van der Waals surface area contributed by atoms with E-state index in [1.54, 1.807) is 13.2 Å². The van der Waals surface area contributed by atoms with Gasteiger partial charge in [-0.05, 0) is 61.8 Å². The predicted octanol–water partition coefficient (Wildman–Crippen LogP) is 2.14. The maximum atomic E-state index is 12.4. The number of hydrogen-bond acceptors (Lipinski definition) is 6. The number of amides is 2. The Balaban J connectivity index is 1.41. The van der Waals surface area contributed by atoms with Crippen molar-refractivity contribution in [2.24, 2.45) is 0 Å². The fourth-order valence-electron chi connectivity index (χ4n) is 3.84. The molecule has 8 nitrogen and oxygen atoms in total. The number of ether oxygens (including phenoxy) is 1. The predicted molar refractivity (Wildman–Crippen MR) is 127 cm³/mol. The van der Waals surface area contributed by atoms with Gasteiger partial charge in [-0.25, -0.2) is 0 Å². The molecule has 2 aromatic rings. The highest BCUT2D eigenvalue weighted by atomic mass is 16.5. The summed E-state index contributed by atoms with van der Waals surface area (Å²) in [5.41, 5.74) is 3.44. The summed E-state index contributed by atoms with van der Waals surface area (Å²) in [5.74, 6) is 0.119. The first kappa shape index (κ1) is 24.2. The Labute approximate surface area is 195 Å². The summed E-state index contributed by atoms with van der Waals surface area (Å²) in [5, 5.41) is 14.4. The van der Waals surface area contributed by atoms with Crippen LogP contribution in [0.1, 0.15) is 23.1 Å². The van der Waals surface area contributed by atoms with Crippen LogP contribution in [0, 0.1) is 18.3 Å². The summed E-state index contributed by atoms with van der Waals surface area (Å²) < 4.78 is 5.27. The lowest BCUT2D eigenvalue weighted by Gasteiger charge is -2.21. The van der Waals surface area contributed by atoms with E-state index in [0.717, 1.165) is 44.7 Å². The second-order valence-electron chi connectivity index (χ2n) is 8.24. The Morgan fingerprint density at radius 3 is 2.48 bits per heavy atom. The monoisotopic (exact) mass is 449 g/mol. The van der Waals surface area contributed by atoms with Gasteiger partial charge in [-0.15, -0.1) is 0 Å². The molecule has 8 heteroatoms. The van der Waals surface area contributed by atoms with Crippen LogP contribution >= 0.6 is 0 Å². The molecule has 0 aromatic heterocycles. The third-order valence-corrected chi connectivity index (χ3v) is 5.61. The molecule has 2 amide bonds. The lowest BCUT2D eigenvalue weighted by molar-refractivity contribution is -0.125. The summed E-state index contributed by atoms with van der Waals surface area (Å²) in [4.78, 5) is 29.2. The summed E-state index contributed by atoms with van der Waals surface area (Å²) in [6.45, 7) is 6.39. The number of nitrogens with zero attached hydrogens (tertiary/aromatic N) is 3. The van der Waals surface area contributed by atoms with Crippen molar-refractivity contribution >= 4 is 17.5 Å². The molecule has 3 rings (SSSR count). The third kappa shape index (κ3) is 7.59. The van der Waals surface area contributed by atoms with Gasteiger partial charge in [0, 0.05) is 19.6 Å². The Morgan fingerprint density at radius 2 is 1.76 bits per heavy atom. The van der Waals surface area contributed by atoms with Crippen molar-refractivity contribution in [3.8, 4) is 11.8 Å². The lowest BCUT2D eigenvalue weighted by atomic mass is 10.1. The van der Waals surface area contributed by atoms with Gasteiger partial charge >= 0.3 is 0 Å². The van der Waals surface area contributed by atoms with Gasteiger partial charge in [0.2, 0.25) is 11.8 Å². The zero-order valence-electron chi connectivity index (χ0n) is 19.3. The Bertz CT molecular complexity index is 1000. The van der Waals surface area contributed by atoms with Crippen molar-refractivity contribution in [1.82, 2.24) is 15.1 Å². The molecule has 1 saturated heterocycles. The number of nitrogens with one attached hydrogen (secondary N) is 2. The fraction of sp³-hybridized carbons (Fsp3) is 0.400. The Morgan fingerprint density at radius 1 is 1.03 bits per heavy atom. The molecule has 0 aliphatic carbocycles. The average Bonchev–Trinajstić information content (AvgIpc) is 3.03. The van der Waals surface area contributed by atoms with E-state index in [1.165, 1.54) is 5.56 Å². The van der Waals surface area contributed by atoms with E-state index >= 15 is 0 Å². The minimum atomic E-state index is -0.295. The van der Waals surface area contributed by atoms with Gasteiger partial charge in [-0.1, -0.05) is 18.2 Å². The third-order valence-electron chi connectivity index (χ3n) is 5.61. The van der Waals surface area contributed by atoms with Crippen LogP contribution in [0.15, 0.2) is 42.5 Å². The Kier molecular flexibility index (Phi) is 8.81. The second kappa shape index (κ2) is 12.0. The van der Waals surface area contributed by atoms with Crippen LogP contribution in [-0.4, -0.2) is 68.0 Å². The number of hydrogen-bond donors (Lipinski definition) is 2. The molecule has 2 aromatic carbocycles. The van der Waals surface area contributed by atoms with Gasteiger partial charge in [0.15, 0.2) is 0 Å². The quantitative estimate of drug-likeness (QED) is 0.641. The molecule has 33 heavy (non-hydrogen) atoms. The smallest absolute Gasteiger partial charge is 0.243 e. The maximum absolute atomic E-state index is 12.4. The zero-order valence-corrected chi connectivity index (χ0v) is 19.3. The highest BCUT2D eigenvalue weighted by Crippen LogP contribution is 2.24. The van der Waals surface area contributed by atoms with Gasteiger partial charge in [0.1, 0.15) is 5.75 Å². The van der Waals surface area contributed by atoms with Gasteiger partial charge in [0.05, 0.1) is 37.5 Å². The largest absolute Gasteiger partial charge is 0.495 e. The van der Waals surface area contributed by atoms with E-state index in [1.807, 2.05) is 43.3 Å². The number of rotatable bonds is 8. The van der Waals surface area contributed by atoms with Gasteiger partial charge in [-0.2, -0.15) is 5.26 Å². The van der Waals surface area contributed by atoms with Crippen molar-refractivity contribution in [2.75, 3.05) is 51.7 Å². The topological polar surface area (TPSA) is 97.7 Å². The molecule has 0 radical (unpaired) electrons. The molecule has 2 N–H and O–H groups in total. The number of methoxy groups -OCH3 is 1. The number of anilines is 1. The number of carbonyl (C=O) groups is 2. The summed E-state index contributed by atoms with van der Waals surface area (Å²) >= 11 is 0. The molecule has 1 aliphatic rings. The number of carbonyl (C=O) groups excluding carboxylic acids is 2. The van der Waals surface area contributed by atoms with Crippen LogP contribution in [0.2, 0.25) is 0 Å². The van der Waals surface area contributed by atoms with Crippen LogP contribution in [0.4, 0.5) is 5.69 Å². The van der Waals surface area contributed by atoms with Crippen molar-refractivity contribution in [3.05, 3.63) is 59.2 Å². The summed E-state index contributed by atoms with van der Waals surface area (Å²) in [7, 11) is 1.55. The number of aryl methyl sites for hydroxylation is 1. The highest BCUT2D eigenvalue weighted by molar-refractivity contribution is 5.96. The van der Waals surface area contributed by atoms with Gasteiger partial charge in [-0.3, -0.25) is 19.4 Å². The van der Waals surface area contributed by atoms with Crippen LogP contribution in [0.5, 0.6) is 5.75 Å². The van der Waals surface area contributed by atoms with Crippen LogP contribution in [0.3, 0.4) is 0 Å².